The summed E-state index contributed by atoms with van der Waals surface area (Å²) >= 11 is 1.23. The number of fused-ring (bicyclic) bond motifs is 1. The van der Waals surface area contributed by atoms with E-state index in [0.29, 0.717) is 9.73 Å². The van der Waals surface area contributed by atoms with Gasteiger partial charge in [0.05, 0.1) is 5.52 Å². The first-order valence-electron chi connectivity index (χ1n) is 5.05. The zero-order chi connectivity index (χ0) is 11.9. The van der Waals surface area contributed by atoms with Gasteiger partial charge in [0.25, 0.3) is 10.0 Å². The quantitative estimate of drug-likeness (QED) is 0.713. The van der Waals surface area contributed by atoms with Gasteiger partial charge >= 0.3 is 0 Å². The molecule has 2 heterocycles. The lowest BCUT2D eigenvalue weighted by atomic mass is 10.3. The molecule has 0 atom stereocenters. The van der Waals surface area contributed by atoms with E-state index in [1.807, 2.05) is 18.2 Å². The molecule has 0 fully saturated rings. The van der Waals surface area contributed by atoms with Gasteiger partial charge in [-0.2, -0.15) is 8.42 Å². The van der Waals surface area contributed by atoms with E-state index in [2.05, 4.69) is 0 Å². The van der Waals surface area contributed by atoms with Gasteiger partial charge in [0, 0.05) is 11.6 Å². The number of para-hydroxylation sites is 1. The monoisotopic (exact) mass is 263 g/mol. The lowest BCUT2D eigenvalue weighted by Crippen LogP contribution is -2.09. The second-order valence-electron chi connectivity index (χ2n) is 3.61. The highest BCUT2D eigenvalue weighted by atomic mass is 32.2. The van der Waals surface area contributed by atoms with E-state index in [1.165, 1.54) is 15.3 Å². The molecule has 17 heavy (non-hydrogen) atoms. The number of aromatic nitrogens is 1. The van der Waals surface area contributed by atoms with Crippen LogP contribution in [-0.2, 0) is 10.0 Å². The Morgan fingerprint density at radius 2 is 1.82 bits per heavy atom. The standard InChI is InChI=1S/C12H9NO2S2/c14-17(15,12-6-3-9-16-12)13-8-7-10-4-1-2-5-11(10)13/h1-9H. The van der Waals surface area contributed by atoms with Crippen molar-refractivity contribution in [3.63, 3.8) is 0 Å². The molecule has 0 N–H and O–H groups in total. The zero-order valence-electron chi connectivity index (χ0n) is 8.78. The smallest absolute Gasteiger partial charge is 0.240 e. The van der Waals surface area contributed by atoms with E-state index in [0.717, 1.165) is 5.39 Å². The van der Waals surface area contributed by atoms with Crippen LogP contribution in [0, 0.1) is 0 Å². The van der Waals surface area contributed by atoms with Crippen LogP contribution in [0.5, 0.6) is 0 Å². The lowest BCUT2D eigenvalue weighted by Gasteiger charge is -2.04. The summed E-state index contributed by atoms with van der Waals surface area (Å²) in [6, 6.07) is 12.6. The van der Waals surface area contributed by atoms with Crippen molar-refractivity contribution < 1.29 is 8.42 Å². The topological polar surface area (TPSA) is 39.1 Å². The third-order valence-corrected chi connectivity index (χ3v) is 5.63. The molecule has 2 aromatic heterocycles. The predicted molar refractivity (Wildman–Crippen MR) is 68.8 cm³/mol. The molecule has 0 aliphatic heterocycles. The second-order valence-corrected chi connectivity index (χ2v) is 6.60. The van der Waals surface area contributed by atoms with Crippen LogP contribution in [-0.4, -0.2) is 12.4 Å². The van der Waals surface area contributed by atoms with E-state index in [-0.39, 0.29) is 0 Å². The van der Waals surface area contributed by atoms with Gasteiger partial charge in [-0.25, -0.2) is 3.97 Å². The molecule has 3 nitrogen and oxygen atoms in total. The van der Waals surface area contributed by atoms with Crippen molar-refractivity contribution in [2.24, 2.45) is 0 Å². The summed E-state index contributed by atoms with van der Waals surface area (Å²) in [6.07, 6.45) is 1.60. The molecule has 3 aromatic rings. The summed E-state index contributed by atoms with van der Waals surface area (Å²) in [5, 5.41) is 2.69. The normalized spacial score (nSPS) is 12.0. The van der Waals surface area contributed by atoms with Crippen LogP contribution in [0.4, 0.5) is 0 Å². The summed E-state index contributed by atoms with van der Waals surface area (Å²) in [5.41, 5.74) is 0.709. The summed E-state index contributed by atoms with van der Waals surface area (Å²) in [5.74, 6) is 0. The SMILES string of the molecule is O=S(=O)(c1cccs1)n1ccc2ccccc21. The van der Waals surface area contributed by atoms with Gasteiger partial charge in [-0.1, -0.05) is 24.3 Å². The molecule has 0 spiro atoms. The first kappa shape index (κ1) is 10.6. The largest absolute Gasteiger partial charge is 0.277 e. The molecule has 0 aliphatic rings. The van der Waals surface area contributed by atoms with Crippen molar-refractivity contribution in [3.8, 4) is 0 Å². The number of nitrogens with zero attached hydrogens (tertiary/aromatic N) is 1. The maximum atomic E-state index is 12.3. The maximum absolute atomic E-state index is 12.3. The first-order chi connectivity index (χ1) is 8.19. The molecule has 0 unspecified atom stereocenters. The molecular weight excluding hydrogens is 254 g/mol. The highest BCUT2D eigenvalue weighted by molar-refractivity contribution is 7.92. The van der Waals surface area contributed by atoms with Gasteiger partial charge < -0.3 is 0 Å². The fourth-order valence-electron chi connectivity index (χ4n) is 1.77. The first-order valence-corrected chi connectivity index (χ1v) is 7.37. The molecule has 0 amide bonds. The van der Waals surface area contributed by atoms with Gasteiger partial charge in [0.1, 0.15) is 4.21 Å². The van der Waals surface area contributed by atoms with Crippen LogP contribution >= 0.6 is 11.3 Å². The zero-order valence-corrected chi connectivity index (χ0v) is 10.4. The second kappa shape index (κ2) is 3.72. The Hall–Kier alpha value is -1.59. The fraction of sp³-hybridized carbons (Fsp3) is 0. The van der Waals surface area contributed by atoms with Crippen molar-refractivity contribution in [1.82, 2.24) is 3.97 Å². The van der Waals surface area contributed by atoms with Crippen molar-refractivity contribution in [2.45, 2.75) is 4.21 Å². The molecule has 0 saturated carbocycles. The van der Waals surface area contributed by atoms with E-state index < -0.39 is 10.0 Å². The van der Waals surface area contributed by atoms with E-state index in [9.17, 15) is 8.42 Å². The van der Waals surface area contributed by atoms with E-state index in [4.69, 9.17) is 0 Å². The molecule has 3 rings (SSSR count). The Kier molecular flexibility index (Phi) is 2.31. The Balaban J connectivity index is 2.30. The van der Waals surface area contributed by atoms with Crippen LogP contribution < -0.4 is 0 Å². The molecule has 0 saturated heterocycles. The van der Waals surface area contributed by atoms with Gasteiger partial charge in [-0.3, -0.25) is 0 Å². The van der Waals surface area contributed by atoms with Crippen LogP contribution in [0.25, 0.3) is 10.9 Å². The Bertz CT molecular complexity index is 755. The summed E-state index contributed by atoms with van der Waals surface area (Å²) in [4.78, 5) is 0. The fourth-order valence-corrected chi connectivity index (χ4v) is 4.21. The Morgan fingerprint density at radius 3 is 2.59 bits per heavy atom. The lowest BCUT2D eigenvalue weighted by molar-refractivity contribution is 0.591. The van der Waals surface area contributed by atoms with Gasteiger partial charge in [0.2, 0.25) is 0 Å². The van der Waals surface area contributed by atoms with Crippen LogP contribution in [0.1, 0.15) is 0 Å². The van der Waals surface area contributed by atoms with Gasteiger partial charge in [-0.15, -0.1) is 11.3 Å². The summed E-state index contributed by atoms with van der Waals surface area (Å²) < 4.78 is 26.4. The Morgan fingerprint density at radius 1 is 1.00 bits per heavy atom. The molecule has 0 aliphatic carbocycles. The highest BCUT2D eigenvalue weighted by Crippen LogP contribution is 2.24. The van der Waals surface area contributed by atoms with Gasteiger partial charge in [0.15, 0.2) is 0 Å². The molecule has 1 aromatic carbocycles. The molecular formula is C12H9NO2S2. The molecule has 5 heteroatoms. The minimum atomic E-state index is -3.44. The highest BCUT2D eigenvalue weighted by Gasteiger charge is 2.19. The van der Waals surface area contributed by atoms with Crippen molar-refractivity contribution in [3.05, 3.63) is 54.0 Å². The van der Waals surface area contributed by atoms with E-state index in [1.54, 1.807) is 35.8 Å². The van der Waals surface area contributed by atoms with Crippen molar-refractivity contribution >= 4 is 32.3 Å². The number of hydrogen-bond donors (Lipinski definition) is 0. The third kappa shape index (κ3) is 1.59. The number of thiophene rings is 1. The summed E-state index contributed by atoms with van der Waals surface area (Å²) in [7, 11) is -3.44. The van der Waals surface area contributed by atoms with Crippen LogP contribution in [0.3, 0.4) is 0 Å². The average Bonchev–Trinajstić information content (AvgIpc) is 2.99. The predicted octanol–water partition coefficient (Wildman–Crippen LogP) is 2.94. The van der Waals surface area contributed by atoms with Crippen LogP contribution in [0.15, 0.2) is 58.3 Å². The third-order valence-electron chi connectivity index (χ3n) is 2.57. The minimum absolute atomic E-state index is 0.360. The maximum Gasteiger partial charge on any atom is 0.277 e. The van der Waals surface area contributed by atoms with Crippen LogP contribution in [0.2, 0.25) is 0 Å². The number of hydrogen-bond acceptors (Lipinski definition) is 3. The van der Waals surface area contributed by atoms with Gasteiger partial charge in [-0.05, 0) is 23.6 Å². The Labute approximate surface area is 103 Å². The minimum Gasteiger partial charge on any atom is -0.240 e. The molecule has 0 radical (unpaired) electrons. The average molecular weight is 263 g/mol. The molecule has 86 valence electrons. The molecule has 0 bridgehead atoms. The summed E-state index contributed by atoms with van der Waals surface area (Å²) in [6.45, 7) is 0. The number of rotatable bonds is 2. The van der Waals surface area contributed by atoms with E-state index >= 15 is 0 Å². The number of benzene rings is 1. The van der Waals surface area contributed by atoms with Crippen molar-refractivity contribution in [2.75, 3.05) is 0 Å². The van der Waals surface area contributed by atoms with Crippen molar-refractivity contribution in [1.29, 1.82) is 0 Å².